The number of aromatic amines is 1. The van der Waals surface area contributed by atoms with Gasteiger partial charge in [0, 0.05) is 36.1 Å². The summed E-state index contributed by atoms with van der Waals surface area (Å²) >= 11 is 0. The second kappa shape index (κ2) is 6.21. The second-order valence-electron chi connectivity index (χ2n) is 7.08. The van der Waals surface area contributed by atoms with Gasteiger partial charge in [0.25, 0.3) is 0 Å². The van der Waals surface area contributed by atoms with E-state index in [-0.39, 0.29) is 4.90 Å². The summed E-state index contributed by atoms with van der Waals surface area (Å²) in [5, 5.41) is 1.09. The van der Waals surface area contributed by atoms with Crippen molar-refractivity contribution in [1.82, 2.24) is 9.29 Å². The van der Waals surface area contributed by atoms with E-state index >= 15 is 0 Å². The molecule has 0 unspecified atom stereocenters. The highest BCUT2D eigenvalue weighted by atomic mass is 32.2. The minimum atomic E-state index is -3.64. The predicted octanol–water partition coefficient (Wildman–Crippen LogP) is 4.18. The van der Waals surface area contributed by atoms with Gasteiger partial charge >= 0.3 is 0 Å². The summed E-state index contributed by atoms with van der Waals surface area (Å²) in [4.78, 5) is 3.56. The lowest BCUT2D eigenvalue weighted by atomic mass is 9.99. The summed E-state index contributed by atoms with van der Waals surface area (Å²) in [6.45, 7) is 5.03. The van der Waals surface area contributed by atoms with E-state index in [9.17, 15) is 12.8 Å². The number of H-pyrrole nitrogens is 1. The minimum absolute atomic E-state index is 0.130. The molecule has 3 aromatic rings. The smallest absolute Gasteiger partial charge is 0.243 e. The van der Waals surface area contributed by atoms with Crippen LogP contribution in [0.2, 0.25) is 0 Å². The molecule has 0 saturated heterocycles. The highest BCUT2D eigenvalue weighted by Crippen LogP contribution is 2.32. The van der Waals surface area contributed by atoms with E-state index in [0.29, 0.717) is 25.4 Å². The quantitative estimate of drug-likeness (QED) is 0.750. The van der Waals surface area contributed by atoms with Gasteiger partial charge in [-0.3, -0.25) is 0 Å². The zero-order valence-electron chi connectivity index (χ0n) is 14.8. The largest absolute Gasteiger partial charge is 0.358 e. The molecule has 0 fully saturated rings. The van der Waals surface area contributed by atoms with Gasteiger partial charge in [-0.2, -0.15) is 4.31 Å². The third-order valence-corrected chi connectivity index (χ3v) is 6.94. The first-order chi connectivity index (χ1) is 12.4. The molecule has 0 radical (unpaired) electrons. The first-order valence-corrected chi connectivity index (χ1v) is 10.2. The molecule has 0 spiro atoms. The van der Waals surface area contributed by atoms with E-state index in [1.54, 1.807) is 0 Å². The third-order valence-electron chi connectivity index (χ3n) is 5.08. The van der Waals surface area contributed by atoms with Crippen LogP contribution >= 0.6 is 0 Å². The number of fused-ring (bicyclic) bond motifs is 3. The lowest BCUT2D eigenvalue weighted by Gasteiger charge is -2.26. The number of rotatable bonds is 3. The summed E-state index contributed by atoms with van der Waals surface area (Å²) in [5.74, 6) is -0.0321. The highest BCUT2D eigenvalue weighted by molar-refractivity contribution is 7.89. The fourth-order valence-corrected chi connectivity index (χ4v) is 4.94. The number of aromatic nitrogens is 1. The van der Waals surface area contributed by atoms with Gasteiger partial charge in [-0.25, -0.2) is 12.8 Å². The van der Waals surface area contributed by atoms with Gasteiger partial charge in [0.2, 0.25) is 10.0 Å². The maximum atomic E-state index is 13.1. The van der Waals surface area contributed by atoms with Crippen LogP contribution in [0.5, 0.6) is 0 Å². The maximum Gasteiger partial charge on any atom is 0.243 e. The molecular weight excluding hydrogens is 351 g/mol. The van der Waals surface area contributed by atoms with Crippen molar-refractivity contribution in [2.75, 3.05) is 6.54 Å². The molecule has 1 aliphatic heterocycles. The number of sulfonamides is 1. The van der Waals surface area contributed by atoms with Gasteiger partial charge < -0.3 is 4.98 Å². The van der Waals surface area contributed by atoms with Gasteiger partial charge in [0.1, 0.15) is 5.82 Å². The Kier molecular flexibility index (Phi) is 4.12. The average Bonchev–Trinajstić information content (AvgIpc) is 2.99. The summed E-state index contributed by atoms with van der Waals surface area (Å²) in [7, 11) is -3.64. The molecular formula is C20H21FN2O2S. The number of nitrogens with zero attached hydrogens (tertiary/aromatic N) is 1. The molecule has 26 heavy (non-hydrogen) atoms. The molecule has 1 aliphatic rings. The Morgan fingerprint density at radius 1 is 1.12 bits per heavy atom. The van der Waals surface area contributed by atoms with Crippen molar-refractivity contribution in [2.45, 2.75) is 37.6 Å². The maximum absolute atomic E-state index is 13.1. The molecule has 2 heterocycles. The van der Waals surface area contributed by atoms with Crippen LogP contribution in [-0.4, -0.2) is 24.3 Å². The van der Waals surface area contributed by atoms with Crippen LogP contribution in [0.15, 0.2) is 47.4 Å². The van der Waals surface area contributed by atoms with E-state index < -0.39 is 15.8 Å². The summed E-state index contributed by atoms with van der Waals surface area (Å²) in [6, 6.07) is 11.4. The minimum Gasteiger partial charge on any atom is -0.358 e. The standard InChI is InChI=1S/C20H21FN2O2S/c1-13(2)14-3-8-19-17(11-14)18-12-23(10-9-20(18)22-19)26(24,25)16-6-4-15(21)5-7-16/h3-8,11,13,22H,9-10,12H2,1-2H3. The monoisotopic (exact) mass is 372 g/mol. The number of hydrogen-bond donors (Lipinski definition) is 1. The van der Waals surface area contributed by atoms with Crippen molar-refractivity contribution in [3.05, 3.63) is 65.1 Å². The molecule has 136 valence electrons. The fourth-order valence-electron chi connectivity index (χ4n) is 3.53. The summed E-state index contributed by atoms with van der Waals surface area (Å²) < 4.78 is 40.5. The zero-order chi connectivity index (χ0) is 18.5. The lowest BCUT2D eigenvalue weighted by Crippen LogP contribution is -2.35. The van der Waals surface area contributed by atoms with Gasteiger partial charge in [-0.05, 0) is 53.4 Å². The fraction of sp³-hybridized carbons (Fsp3) is 0.300. The zero-order valence-corrected chi connectivity index (χ0v) is 15.6. The van der Waals surface area contributed by atoms with Crippen molar-refractivity contribution in [2.24, 2.45) is 0 Å². The Labute approximate surface area is 152 Å². The van der Waals surface area contributed by atoms with E-state index in [0.717, 1.165) is 22.2 Å². The molecule has 0 saturated carbocycles. The van der Waals surface area contributed by atoms with Crippen LogP contribution in [0.25, 0.3) is 10.9 Å². The average molecular weight is 372 g/mol. The van der Waals surface area contributed by atoms with E-state index in [1.807, 2.05) is 0 Å². The first-order valence-electron chi connectivity index (χ1n) is 8.75. The number of halogens is 1. The van der Waals surface area contributed by atoms with Gasteiger partial charge in [0.15, 0.2) is 0 Å². The second-order valence-corrected chi connectivity index (χ2v) is 9.02. The lowest BCUT2D eigenvalue weighted by molar-refractivity contribution is 0.391. The Morgan fingerprint density at radius 2 is 1.85 bits per heavy atom. The molecule has 0 bridgehead atoms. The molecule has 0 amide bonds. The Morgan fingerprint density at radius 3 is 2.54 bits per heavy atom. The van der Waals surface area contributed by atoms with Gasteiger partial charge in [-0.15, -0.1) is 0 Å². The Balaban J connectivity index is 1.73. The van der Waals surface area contributed by atoms with Crippen molar-refractivity contribution in [1.29, 1.82) is 0 Å². The van der Waals surface area contributed by atoms with Crippen LogP contribution in [0.4, 0.5) is 4.39 Å². The molecule has 2 aromatic carbocycles. The highest BCUT2D eigenvalue weighted by Gasteiger charge is 2.30. The van der Waals surface area contributed by atoms with Crippen LogP contribution < -0.4 is 0 Å². The molecule has 1 N–H and O–H groups in total. The number of benzene rings is 2. The topological polar surface area (TPSA) is 53.2 Å². The van der Waals surface area contributed by atoms with Crippen molar-refractivity contribution >= 4 is 20.9 Å². The van der Waals surface area contributed by atoms with Crippen LogP contribution in [0.3, 0.4) is 0 Å². The van der Waals surface area contributed by atoms with E-state index in [1.165, 1.54) is 34.1 Å². The predicted molar refractivity (Wildman–Crippen MR) is 100 cm³/mol. The third kappa shape index (κ3) is 2.83. The number of nitrogens with one attached hydrogen (secondary N) is 1. The molecule has 6 heteroatoms. The van der Waals surface area contributed by atoms with E-state index in [4.69, 9.17) is 0 Å². The normalized spacial score (nSPS) is 15.5. The van der Waals surface area contributed by atoms with Crippen LogP contribution in [-0.2, 0) is 23.0 Å². The van der Waals surface area contributed by atoms with Crippen molar-refractivity contribution in [3.8, 4) is 0 Å². The molecule has 0 aliphatic carbocycles. The van der Waals surface area contributed by atoms with E-state index in [2.05, 4.69) is 37.0 Å². The Hall–Kier alpha value is -2.18. The van der Waals surface area contributed by atoms with Crippen molar-refractivity contribution < 1.29 is 12.8 Å². The van der Waals surface area contributed by atoms with Gasteiger partial charge in [-0.1, -0.05) is 19.9 Å². The first kappa shape index (κ1) is 17.2. The molecule has 4 nitrogen and oxygen atoms in total. The van der Waals surface area contributed by atoms with Gasteiger partial charge in [0.05, 0.1) is 4.90 Å². The SMILES string of the molecule is CC(C)c1ccc2[nH]c3c(c2c1)CN(S(=O)(=O)c1ccc(F)cc1)CC3. The van der Waals surface area contributed by atoms with Crippen LogP contribution in [0, 0.1) is 5.82 Å². The molecule has 4 rings (SSSR count). The van der Waals surface area contributed by atoms with Crippen LogP contribution in [0.1, 0.15) is 36.6 Å². The molecule has 0 atom stereocenters. The summed E-state index contributed by atoms with van der Waals surface area (Å²) in [6.07, 6.45) is 0.640. The number of hydrogen-bond acceptors (Lipinski definition) is 2. The van der Waals surface area contributed by atoms with Crippen molar-refractivity contribution in [3.63, 3.8) is 0 Å². The summed E-state index contributed by atoms with van der Waals surface area (Å²) in [5.41, 5.74) is 4.42. The Bertz CT molecular complexity index is 1070. The molecule has 1 aromatic heterocycles.